The van der Waals surface area contributed by atoms with E-state index in [1.54, 1.807) is 0 Å². The molecule has 1 heterocycles. The van der Waals surface area contributed by atoms with E-state index < -0.39 is 8.32 Å². The number of esters is 1. The topological polar surface area (TPSA) is 35.5 Å². The summed E-state index contributed by atoms with van der Waals surface area (Å²) >= 11 is 1.53. The van der Waals surface area contributed by atoms with Gasteiger partial charge >= 0.3 is 5.97 Å². The second kappa shape index (κ2) is 4.47. The lowest BCUT2D eigenvalue weighted by atomic mass is 10.2. The molecule has 0 aromatic rings. The monoisotopic (exact) mass is 248 g/mol. The first-order valence-corrected chi connectivity index (χ1v) is 9.13. The largest absolute Gasteiger partial charge is 0.448 e. The molecule has 1 aliphatic rings. The van der Waals surface area contributed by atoms with Crippen LogP contribution in [-0.2, 0) is 14.0 Å². The van der Waals surface area contributed by atoms with E-state index in [0.29, 0.717) is 12.4 Å². The van der Waals surface area contributed by atoms with Crippen molar-refractivity contribution in [2.45, 2.75) is 44.3 Å². The minimum atomic E-state index is -1.70. The van der Waals surface area contributed by atoms with E-state index in [1.165, 1.54) is 11.8 Å². The number of ether oxygens (including phenoxy) is 1. The summed E-state index contributed by atoms with van der Waals surface area (Å²) in [5.41, 5.74) is -0.0911. The molecule has 1 fully saturated rings. The van der Waals surface area contributed by atoms with Crippen molar-refractivity contribution in [3.8, 4) is 0 Å². The SMILES string of the molecule is CC(C)(C)[Si](C)(C)OCC1OC(=O)CS1. The fourth-order valence-corrected chi connectivity index (χ4v) is 2.80. The van der Waals surface area contributed by atoms with Gasteiger partial charge in [0.05, 0.1) is 12.4 Å². The van der Waals surface area contributed by atoms with Crippen LogP contribution in [0.4, 0.5) is 0 Å². The molecule has 5 heteroatoms. The highest BCUT2D eigenvalue weighted by molar-refractivity contribution is 8.00. The molecule has 0 aromatic carbocycles. The van der Waals surface area contributed by atoms with Gasteiger partial charge in [-0.2, -0.15) is 0 Å². The van der Waals surface area contributed by atoms with Crippen LogP contribution in [-0.4, -0.2) is 32.1 Å². The standard InChI is InChI=1S/C10H20O3SSi/c1-10(2,3)15(4,5)12-6-9-13-8(11)7-14-9/h9H,6-7H2,1-5H3. The zero-order valence-electron chi connectivity index (χ0n) is 10.1. The predicted octanol–water partition coefficient (Wildman–Crippen LogP) is 2.62. The van der Waals surface area contributed by atoms with Crippen molar-refractivity contribution in [1.29, 1.82) is 0 Å². The van der Waals surface area contributed by atoms with E-state index in [9.17, 15) is 4.79 Å². The van der Waals surface area contributed by atoms with Gasteiger partial charge in [0.15, 0.2) is 13.8 Å². The van der Waals surface area contributed by atoms with E-state index in [4.69, 9.17) is 9.16 Å². The quantitative estimate of drug-likeness (QED) is 0.568. The van der Waals surface area contributed by atoms with E-state index >= 15 is 0 Å². The van der Waals surface area contributed by atoms with Gasteiger partial charge in [-0.25, -0.2) is 0 Å². The first kappa shape index (κ1) is 13.1. The van der Waals surface area contributed by atoms with E-state index in [1.807, 2.05) is 0 Å². The molecule has 1 aliphatic heterocycles. The van der Waals surface area contributed by atoms with Crippen molar-refractivity contribution < 1.29 is 14.0 Å². The van der Waals surface area contributed by atoms with Crippen LogP contribution in [0.2, 0.25) is 18.1 Å². The summed E-state index contributed by atoms with van der Waals surface area (Å²) in [6.07, 6.45) is 0. The summed E-state index contributed by atoms with van der Waals surface area (Å²) in [5, 5.41) is 0.209. The Hall–Kier alpha value is -0.00312. The van der Waals surface area contributed by atoms with Gasteiger partial charge in [0.2, 0.25) is 0 Å². The molecule has 15 heavy (non-hydrogen) atoms. The van der Waals surface area contributed by atoms with Crippen LogP contribution in [0.3, 0.4) is 0 Å². The van der Waals surface area contributed by atoms with Gasteiger partial charge in [-0.3, -0.25) is 4.79 Å². The summed E-state index contributed by atoms with van der Waals surface area (Å²) in [6, 6.07) is 0. The number of thioether (sulfide) groups is 1. The lowest BCUT2D eigenvalue weighted by Gasteiger charge is -2.36. The first-order chi connectivity index (χ1) is 6.72. The first-order valence-electron chi connectivity index (χ1n) is 5.17. The molecule has 0 N–H and O–H groups in total. The van der Waals surface area contributed by atoms with Crippen LogP contribution in [0.5, 0.6) is 0 Å². The Kier molecular flexibility index (Phi) is 3.89. The average Bonchev–Trinajstić information content (AvgIpc) is 2.46. The minimum absolute atomic E-state index is 0.0911. The van der Waals surface area contributed by atoms with Crippen LogP contribution in [0, 0.1) is 0 Å². The van der Waals surface area contributed by atoms with Crippen LogP contribution in [0.25, 0.3) is 0 Å². The van der Waals surface area contributed by atoms with Crippen LogP contribution < -0.4 is 0 Å². The highest BCUT2D eigenvalue weighted by Gasteiger charge is 2.38. The molecule has 0 aromatic heterocycles. The molecule has 0 radical (unpaired) electrons. The van der Waals surface area contributed by atoms with Gasteiger partial charge in [-0.1, -0.05) is 20.8 Å². The summed E-state index contributed by atoms with van der Waals surface area (Å²) < 4.78 is 11.1. The molecule has 0 aliphatic carbocycles. The lowest BCUT2D eigenvalue weighted by Crippen LogP contribution is -2.42. The Labute approximate surface area is 97.0 Å². The third-order valence-electron chi connectivity index (χ3n) is 3.04. The Balaban J connectivity index is 2.40. The van der Waals surface area contributed by atoms with Crippen molar-refractivity contribution in [2.75, 3.05) is 12.4 Å². The number of carbonyl (C=O) groups excluding carboxylic acids is 1. The molecular formula is C10H20O3SSi. The summed E-state index contributed by atoms with van der Waals surface area (Å²) in [4.78, 5) is 10.9. The number of hydrogen-bond donors (Lipinski definition) is 0. The number of hydrogen-bond acceptors (Lipinski definition) is 4. The van der Waals surface area contributed by atoms with Gasteiger partial charge < -0.3 is 9.16 Å². The highest BCUT2D eigenvalue weighted by atomic mass is 32.2. The van der Waals surface area contributed by atoms with Gasteiger partial charge in [0, 0.05) is 0 Å². The van der Waals surface area contributed by atoms with Crippen molar-refractivity contribution in [2.24, 2.45) is 0 Å². The Morgan fingerprint density at radius 2 is 2.13 bits per heavy atom. The normalized spacial score (nSPS) is 23.0. The van der Waals surface area contributed by atoms with Gasteiger partial charge in [-0.15, -0.1) is 11.8 Å². The molecule has 1 saturated heterocycles. The number of rotatable bonds is 3. The van der Waals surface area contributed by atoms with Crippen molar-refractivity contribution in [3.63, 3.8) is 0 Å². The lowest BCUT2D eigenvalue weighted by molar-refractivity contribution is -0.141. The van der Waals surface area contributed by atoms with E-state index in [2.05, 4.69) is 33.9 Å². The molecule has 1 unspecified atom stereocenters. The molecular weight excluding hydrogens is 228 g/mol. The van der Waals surface area contributed by atoms with E-state index in [0.717, 1.165) is 0 Å². The molecule has 3 nitrogen and oxygen atoms in total. The summed E-state index contributed by atoms with van der Waals surface area (Å²) in [6.45, 7) is 11.5. The van der Waals surface area contributed by atoms with Gasteiger partial charge in [0.25, 0.3) is 0 Å². The fraction of sp³-hybridized carbons (Fsp3) is 0.900. The fourth-order valence-electron chi connectivity index (χ4n) is 0.951. The maximum Gasteiger partial charge on any atom is 0.317 e. The molecule has 1 rings (SSSR count). The molecule has 0 amide bonds. The van der Waals surface area contributed by atoms with Crippen molar-refractivity contribution >= 4 is 26.0 Å². The Morgan fingerprint density at radius 3 is 2.53 bits per heavy atom. The second-order valence-electron chi connectivity index (χ2n) is 5.30. The summed E-state index contributed by atoms with van der Waals surface area (Å²) in [7, 11) is -1.70. The van der Waals surface area contributed by atoms with Gasteiger partial charge in [-0.05, 0) is 18.1 Å². The number of cyclic esters (lactones) is 1. The van der Waals surface area contributed by atoms with Crippen molar-refractivity contribution in [3.05, 3.63) is 0 Å². The van der Waals surface area contributed by atoms with Crippen LogP contribution >= 0.6 is 11.8 Å². The third kappa shape index (κ3) is 3.50. The average molecular weight is 248 g/mol. The third-order valence-corrected chi connectivity index (χ3v) is 8.54. The maximum absolute atomic E-state index is 10.9. The molecule has 1 atom stereocenters. The summed E-state index contributed by atoms with van der Waals surface area (Å²) in [5.74, 6) is 0.342. The van der Waals surface area contributed by atoms with Gasteiger partial charge in [0.1, 0.15) is 0 Å². The molecule has 0 saturated carbocycles. The van der Waals surface area contributed by atoms with Crippen molar-refractivity contribution in [1.82, 2.24) is 0 Å². The second-order valence-corrected chi connectivity index (χ2v) is 11.3. The zero-order valence-corrected chi connectivity index (χ0v) is 11.9. The molecule has 88 valence electrons. The maximum atomic E-state index is 10.9. The molecule has 0 spiro atoms. The Bertz CT molecular complexity index is 248. The zero-order chi connectivity index (χ0) is 11.7. The molecule has 0 bridgehead atoms. The highest BCUT2D eigenvalue weighted by Crippen LogP contribution is 2.37. The minimum Gasteiger partial charge on any atom is -0.448 e. The number of carbonyl (C=O) groups is 1. The van der Waals surface area contributed by atoms with Crippen LogP contribution in [0.15, 0.2) is 0 Å². The smallest absolute Gasteiger partial charge is 0.317 e. The van der Waals surface area contributed by atoms with Crippen LogP contribution in [0.1, 0.15) is 20.8 Å². The van der Waals surface area contributed by atoms with E-state index in [-0.39, 0.29) is 16.4 Å². The Morgan fingerprint density at radius 1 is 1.53 bits per heavy atom. The predicted molar refractivity (Wildman–Crippen MR) is 65.5 cm³/mol.